The number of amides is 1. The van der Waals surface area contributed by atoms with Gasteiger partial charge in [-0.25, -0.2) is 9.97 Å². The van der Waals surface area contributed by atoms with Gasteiger partial charge >= 0.3 is 0 Å². The zero-order valence-electron chi connectivity index (χ0n) is 15.8. The van der Waals surface area contributed by atoms with E-state index in [2.05, 4.69) is 41.8 Å². The van der Waals surface area contributed by atoms with Crippen LogP contribution in [0.5, 0.6) is 0 Å². The summed E-state index contributed by atoms with van der Waals surface area (Å²) in [5, 5.41) is 3.07. The first kappa shape index (κ1) is 19.0. The Morgan fingerprint density at radius 1 is 0.962 bits per heavy atom. The van der Waals surface area contributed by atoms with Crippen LogP contribution >= 0.6 is 0 Å². The van der Waals surface area contributed by atoms with Crippen LogP contribution in [0.2, 0.25) is 0 Å². The Bertz CT molecular complexity index is 540. The normalized spacial score (nSPS) is 20.3. The second kappa shape index (κ2) is 9.80. The maximum atomic E-state index is 12.1. The summed E-state index contributed by atoms with van der Waals surface area (Å²) < 4.78 is 0. The van der Waals surface area contributed by atoms with Gasteiger partial charge in [0.2, 0.25) is 11.9 Å². The van der Waals surface area contributed by atoms with E-state index in [9.17, 15) is 4.79 Å². The highest BCUT2D eigenvalue weighted by molar-refractivity contribution is 5.78. The van der Waals surface area contributed by atoms with Gasteiger partial charge in [-0.15, -0.1) is 0 Å². The Kier molecular flexibility index (Phi) is 7.16. The lowest BCUT2D eigenvalue weighted by Gasteiger charge is -2.35. The zero-order valence-corrected chi connectivity index (χ0v) is 15.8. The van der Waals surface area contributed by atoms with E-state index in [1.54, 1.807) is 12.4 Å². The van der Waals surface area contributed by atoms with Crippen LogP contribution in [0.3, 0.4) is 0 Å². The van der Waals surface area contributed by atoms with E-state index in [1.165, 1.54) is 0 Å². The summed E-state index contributed by atoms with van der Waals surface area (Å²) >= 11 is 0. The topological polar surface area (TPSA) is 67.8 Å². The van der Waals surface area contributed by atoms with Crippen molar-refractivity contribution in [3.63, 3.8) is 0 Å². The van der Waals surface area contributed by atoms with Crippen LogP contribution in [0.1, 0.15) is 6.92 Å². The van der Waals surface area contributed by atoms with Crippen LogP contribution < -0.4 is 10.2 Å². The van der Waals surface area contributed by atoms with Crippen molar-refractivity contribution < 1.29 is 4.79 Å². The first-order valence-electron chi connectivity index (χ1n) is 9.70. The third-order valence-corrected chi connectivity index (χ3v) is 5.24. The first-order chi connectivity index (χ1) is 12.7. The molecule has 0 radical (unpaired) electrons. The quantitative estimate of drug-likeness (QED) is 0.692. The maximum Gasteiger partial charge on any atom is 0.234 e. The summed E-state index contributed by atoms with van der Waals surface area (Å²) in [5.74, 6) is 0.954. The number of piperazine rings is 2. The SMILES string of the molecule is CCN1CCN(CC(=O)NCCN2CCN(c3ncccn3)CC2)CC1. The fourth-order valence-corrected chi connectivity index (χ4v) is 3.50. The molecule has 1 aromatic heterocycles. The number of rotatable bonds is 7. The molecule has 3 rings (SSSR count). The highest BCUT2D eigenvalue weighted by Gasteiger charge is 2.20. The van der Waals surface area contributed by atoms with Gasteiger partial charge in [-0.1, -0.05) is 6.92 Å². The van der Waals surface area contributed by atoms with Crippen molar-refractivity contribution in [3.8, 4) is 0 Å². The number of hydrogen-bond acceptors (Lipinski definition) is 7. The molecule has 26 heavy (non-hydrogen) atoms. The predicted octanol–water partition coefficient (Wildman–Crippen LogP) is -0.648. The molecule has 3 heterocycles. The van der Waals surface area contributed by atoms with Crippen LogP contribution in [-0.2, 0) is 4.79 Å². The molecule has 1 amide bonds. The summed E-state index contributed by atoms with van der Waals surface area (Å²) in [5.41, 5.74) is 0. The number of nitrogens with zero attached hydrogens (tertiary/aromatic N) is 6. The first-order valence-corrected chi connectivity index (χ1v) is 9.70. The number of nitrogens with one attached hydrogen (secondary N) is 1. The van der Waals surface area contributed by atoms with Gasteiger partial charge in [-0.3, -0.25) is 14.6 Å². The van der Waals surface area contributed by atoms with Crippen molar-refractivity contribution in [3.05, 3.63) is 18.5 Å². The fourth-order valence-electron chi connectivity index (χ4n) is 3.50. The van der Waals surface area contributed by atoms with Crippen LogP contribution in [0.25, 0.3) is 0 Å². The molecule has 2 saturated heterocycles. The largest absolute Gasteiger partial charge is 0.354 e. The number of aromatic nitrogens is 2. The number of likely N-dealkylation sites (N-methyl/N-ethyl adjacent to an activating group) is 1. The molecular weight excluding hydrogens is 330 g/mol. The summed E-state index contributed by atoms with van der Waals surface area (Å²) in [4.78, 5) is 30.0. The molecule has 0 aromatic carbocycles. The third kappa shape index (κ3) is 5.62. The van der Waals surface area contributed by atoms with Crippen molar-refractivity contribution in [1.29, 1.82) is 0 Å². The van der Waals surface area contributed by atoms with Gasteiger partial charge in [0.05, 0.1) is 6.54 Å². The van der Waals surface area contributed by atoms with E-state index in [4.69, 9.17) is 0 Å². The maximum absolute atomic E-state index is 12.1. The van der Waals surface area contributed by atoms with Gasteiger partial charge in [-0.05, 0) is 12.6 Å². The number of hydrogen-bond donors (Lipinski definition) is 1. The highest BCUT2D eigenvalue weighted by atomic mass is 16.2. The van der Waals surface area contributed by atoms with Crippen molar-refractivity contribution in [1.82, 2.24) is 30.0 Å². The number of anilines is 1. The molecule has 0 spiro atoms. The molecule has 1 aromatic rings. The molecule has 144 valence electrons. The molecule has 0 saturated carbocycles. The average Bonchev–Trinajstić information content (AvgIpc) is 2.70. The van der Waals surface area contributed by atoms with Gasteiger partial charge < -0.3 is 15.1 Å². The van der Waals surface area contributed by atoms with Crippen molar-refractivity contribution in [2.75, 3.05) is 83.4 Å². The monoisotopic (exact) mass is 361 g/mol. The van der Waals surface area contributed by atoms with E-state index < -0.39 is 0 Å². The van der Waals surface area contributed by atoms with Crippen LogP contribution in [0.15, 0.2) is 18.5 Å². The van der Waals surface area contributed by atoms with Crippen molar-refractivity contribution in [2.24, 2.45) is 0 Å². The van der Waals surface area contributed by atoms with Gasteiger partial charge in [0, 0.05) is 77.8 Å². The lowest BCUT2D eigenvalue weighted by Crippen LogP contribution is -2.51. The Labute approximate surface area is 156 Å². The van der Waals surface area contributed by atoms with E-state index >= 15 is 0 Å². The average molecular weight is 361 g/mol. The molecule has 0 atom stereocenters. The Hall–Kier alpha value is -1.77. The van der Waals surface area contributed by atoms with E-state index in [0.717, 1.165) is 77.9 Å². The zero-order chi connectivity index (χ0) is 18.2. The van der Waals surface area contributed by atoms with Crippen LogP contribution in [0.4, 0.5) is 5.95 Å². The summed E-state index contributed by atoms with van der Waals surface area (Å²) in [6.07, 6.45) is 3.57. The van der Waals surface area contributed by atoms with E-state index in [0.29, 0.717) is 6.54 Å². The minimum atomic E-state index is 0.145. The Morgan fingerprint density at radius 3 is 2.23 bits per heavy atom. The standard InChI is InChI=1S/C18H31N7O/c1-2-22-8-10-24(11-9-22)16-17(26)19-6-7-23-12-14-25(15-13-23)18-20-4-3-5-21-18/h3-5H,2,6-16H2,1H3,(H,19,26). The molecule has 0 bridgehead atoms. The van der Waals surface area contributed by atoms with Gasteiger partial charge in [0.25, 0.3) is 0 Å². The van der Waals surface area contributed by atoms with Crippen molar-refractivity contribution >= 4 is 11.9 Å². The van der Waals surface area contributed by atoms with Crippen LogP contribution in [-0.4, -0.2) is 109 Å². The Balaban J connectivity index is 1.28. The predicted molar refractivity (Wildman–Crippen MR) is 102 cm³/mol. The smallest absolute Gasteiger partial charge is 0.234 e. The fraction of sp³-hybridized carbons (Fsp3) is 0.722. The molecular formula is C18H31N7O. The molecule has 0 aliphatic carbocycles. The molecule has 2 aliphatic rings. The number of carbonyl (C=O) groups excluding carboxylic acids is 1. The van der Waals surface area contributed by atoms with Crippen LogP contribution in [0, 0.1) is 0 Å². The number of carbonyl (C=O) groups is 1. The van der Waals surface area contributed by atoms with Gasteiger partial charge in [0.1, 0.15) is 0 Å². The van der Waals surface area contributed by atoms with Gasteiger partial charge in [-0.2, -0.15) is 0 Å². The second-order valence-electron chi connectivity index (χ2n) is 6.94. The lowest BCUT2D eigenvalue weighted by atomic mass is 10.3. The second-order valence-corrected chi connectivity index (χ2v) is 6.94. The van der Waals surface area contributed by atoms with E-state index in [1.807, 2.05) is 6.07 Å². The molecule has 1 N–H and O–H groups in total. The van der Waals surface area contributed by atoms with Gasteiger partial charge in [0.15, 0.2) is 0 Å². The molecule has 2 fully saturated rings. The minimum Gasteiger partial charge on any atom is -0.354 e. The van der Waals surface area contributed by atoms with Crippen molar-refractivity contribution in [2.45, 2.75) is 6.92 Å². The lowest BCUT2D eigenvalue weighted by molar-refractivity contribution is -0.122. The van der Waals surface area contributed by atoms with E-state index in [-0.39, 0.29) is 5.91 Å². The molecule has 0 unspecified atom stereocenters. The summed E-state index contributed by atoms with van der Waals surface area (Å²) in [6.45, 7) is 13.4. The molecule has 8 heteroatoms. The molecule has 2 aliphatic heterocycles. The third-order valence-electron chi connectivity index (χ3n) is 5.24. The summed E-state index contributed by atoms with van der Waals surface area (Å²) in [6, 6.07) is 1.84. The molecule has 8 nitrogen and oxygen atoms in total. The highest BCUT2D eigenvalue weighted by Crippen LogP contribution is 2.09. The Morgan fingerprint density at radius 2 is 1.58 bits per heavy atom. The summed E-state index contributed by atoms with van der Waals surface area (Å²) in [7, 11) is 0. The minimum absolute atomic E-state index is 0.145.